The van der Waals surface area contributed by atoms with Crippen LogP contribution in [-0.4, -0.2) is 13.1 Å². The second-order valence-electron chi connectivity index (χ2n) is 4.50. The van der Waals surface area contributed by atoms with Gasteiger partial charge in [-0.3, -0.25) is 4.79 Å². The SMILES string of the molecule is CCCC/C=C/CCCCCCCC(=O)OC. The molecule has 0 aliphatic carbocycles. The molecule has 0 saturated carbocycles. The zero-order valence-corrected chi connectivity index (χ0v) is 11.5. The van der Waals surface area contributed by atoms with Crippen molar-refractivity contribution in [1.82, 2.24) is 0 Å². The summed E-state index contributed by atoms with van der Waals surface area (Å²) in [5.41, 5.74) is 0. The predicted molar refractivity (Wildman–Crippen MR) is 73.0 cm³/mol. The number of allylic oxidation sites excluding steroid dienone is 2. The number of hydrogen-bond acceptors (Lipinski definition) is 2. The largest absolute Gasteiger partial charge is 0.469 e. The molecule has 100 valence electrons. The number of unbranched alkanes of at least 4 members (excludes halogenated alkanes) is 7. The number of ether oxygens (including phenoxy) is 1. The van der Waals surface area contributed by atoms with Gasteiger partial charge in [0.1, 0.15) is 0 Å². The summed E-state index contributed by atoms with van der Waals surface area (Å²) in [5.74, 6) is -0.0798. The fourth-order valence-electron chi connectivity index (χ4n) is 1.72. The van der Waals surface area contributed by atoms with E-state index in [0.29, 0.717) is 6.42 Å². The highest BCUT2D eigenvalue weighted by Crippen LogP contribution is 2.08. The van der Waals surface area contributed by atoms with Crippen LogP contribution in [0.4, 0.5) is 0 Å². The third kappa shape index (κ3) is 13.1. The Kier molecular flexibility index (Phi) is 12.7. The first-order valence-corrected chi connectivity index (χ1v) is 7.03. The van der Waals surface area contributed by atoms with Crippen molar-refractivity contribution in [3.05, 3.63) is 12.2 Å². The Labute approximate surface area is 106 Å². The Bertz CT molecular complexity index is 197. The third-order valence-electron chi connectivity index (χ3n) is 2.87. The quantitative estimate of drug-likeness (QED) is 0.299. The lowest BCUT2D eigenvalue weighted by Gasteiger charge is -2.00. The zero-order chi connectivity index (χ0) is 12.8. The van der Waals surface area contributed by atoms with E-state index in [9.17, 15) is 4.79 Å². The number of esters is 1. The molecule has 0 aromatic heterocycles. The topological polar surface area (TPSA) is 26.3 Å². The zero-order valence-electron chi connectivity index (χ0n) is 11.5. The predicted octanol–water partition coefficient (Wildman–Crippen LogP) is 4.64. The molecule has 0 aromatic rings. The van der Waals surface area contributed by atoms with Gasteiger partial charge >= 0.3 is 5.97 Å². The van der Waals surface area contributed by atoms with Crippen LogP contribution in [0.25, 0.3) is 0 Å². The summed E-state index contributed by atoms with van der Waals surface area (Å²) in [4.78, 5) is 10.8. The fourth-order valence-corrected chi connectivity index (χ4v) is 1.72. The molecule has 17 heavy (non-hydrogen) atoms. The summed E-state index contributed by atoms with van der Waals surface area (Å²) in [6.45, 7) is 2.22. The van der Waals surface area contributed by atoms with Crippen molar-refractivity contribution in [3.8, 4) is 0 Å². The number of carbonyl (C=O) groups excluding carboxylic acids is 1. The van der Waals surface area contributed by atoms with Crippen molar-refractivity contribution in [2.24, 2.45) is 0 Å². The molecule has 0 radical (unpaired) electrons. The third-order valence-corrected chi connectivity index (χ3v) is 2.87. The van der Waals surface area contributed by atoms with Crippen molar-refractivity contribution in [1.29, 1.82) is 0 Å². The van der Waals surface area contributed by atoms with Gasteiger partial charge in [-0.2, -0.15) is 0 Å². The Hall–Kier alpha value is -0.790. The van der Waals surface area contributed by atoms with Crippen LogP contribution in [0.1, 0.15) is 71.1 Å². The smallest absolute Gasteiger partial charge is 0.305 e. The van der Waals surface area contributed by atoms with E-state index in [1.165, 1.54) is 52.1 Å². The Morgan fingerprint density at radius 3 is 2.18 bits per heavy atom. The first-order valence-electron chi connectivity index (χ1n) is 7.03. The van der Waals surface area contributed by atoms with Crippen molar-refractivity contribution in [2.75, 3.05) is 7.11 Å². The Balaban J connectivity index is 3.08. The lowest BCUT2D eigenvalue weighted by Crippen LogP contribution is -1.98. The molecule has 2 heteroatoms. The molecule has 0 saturated heterocycles. The Morgan fingerprint density at radius 2 is 1.53 bits per heavy atom. The molecule has 0 bridgehead atoms. The summed E-state index contributed by atoms with van der Waals surface area (Å²) in [7, 11) is 1.45. The van der Waals surface area contributed by atoms with E-state index in [-0.39, 0.29) is 5.97 Å². The minimum absolute atomic E-state index is 0.0798. The lowest BCUT2D eigenvalue weighted by atomic mass is 10.1. The maximum absolute atomic E-state index is 10.8. The molecule has 0 amide bonds. The highest BCUT2D eigenvalue weighted by atomic mass is 16.5. The molecule has 0 heterocycles. The van der Waals surface area contributed by atoms with Crippen LogP contribution in [-0.2, 0) is 9.53 Å². The van der Waals surface area contributed by atoms with Gasteiger partial charge in [0.15, 0.2) is 0 Å². The summed E-state index contributed by atoms with van der Waals surface area (Å²) < 4.78 is 4.59. The van der Waals surface area contributed by atoms with Gasteiger partial charge in [-0.1, -0.05) is 51.2 Å². The molecule has 0 aliphatic rings. The van der Waals surface area contributed by atoms with Crippen LogP contribution in [0.3, 0.4) is 0 Å². The number of rotatable bonds is 11. The Morgan fingerprint density at radius 1 is 0.941 bits per heavy atom. The van der Waals surface area contributed by atoms with E-state index >= 15 is 0 Å². The van der Waals surface area contributed by atoms with Crippen molar-refractivity contribution < 1.29 is 9.53 Å². The fraction of sp³-hybridized carbons (Fsp3) is 0.800. The highest BCUT2D eigenvalue weighted by Gasteiger charge is 1.98. The first kappa shape index (κ1) is 16.2. The van der Waals surface area contributed by atoms with E-state index in [2.05, 4.69) is 23.8 Å². The summed E-state index contributed by atoms with van der Waals surface area (Å²) >= 11 is 0. The van der Waals surface area contributed by atoms with Gasteiger partial charge in [0, 0.05) is 6.42 Å². The normalized spacial score (nSPS) is 10.9. The molecular formula is C15H28O2. The second-order valence-corrected chi connectivity index (χ2v) is 4.50. The molecule has 2 nitrogen and oxygen atoms in total. The van der Waals surface area contributed by atoms with E-state index in [1.54, 1.807) is 0 Å². The average molecular weight is 240 g/mol. The molecule has 0 aliphatic heterocycles. The molecule has 0 N–H and O–H groups in total. The van der Waals surface area contributed by atoms with E-state index in [4.69, 9.17) is 0 Å². The van der Waals surface area contributed by atoms with Gasteiger partial charge in [-0.05, 0) is 25.7 Å². The van der Waals surface area contributed by atoms with Gasteiger partial charge in [-0.15, -0.1) is 0 Å². The minimum atomic E-state index is -0.0798. The van der Waals surface area contributed by atoms with Gasteiger partial charge in [0.2, 0.25) is 0 Å². The van der Waals surface area contributed by atoms with Crippen LogP contribution in [0, 0.1) is 0 Å². The monoisotopic (exact) mass is 240 g/mol. The summed E-state index contributed by atoms with van der Waals surface area (Å²) in [6.07, 6.45) is 16.1. The van der Waals surface area contributed by atoms with Crippen LogP contribution < -0.4 is 0 Å². The number of carbonyl (C=O) groups is 1. The maximum atomic E-state index is 10.8. The van der Waals surface area contributed by atoms with Gasteiger partial charge in [0.25, 0.3) is 0 Å². The molecule has 0 aromatic carbocycles. The van der Waals surface area contributed by atoms with Crippen LogP contribution in [0.5, 0.6) is 0 Å². The van der Waals surface area contributed by atoms with Crippen molar-refractivity contribution in [2.45, 2.75) is 71.1 Å². The number of methoxy groups -OCH3 is 1. The first-order chi connectivity index (χ1) is 8.31. The summed E-state index contributed by atoms with van der Waals surface area (Å²) in [6, 6.07) is 0. The highest BCUT2D eigenvalue weighted by molar-refractivity contribution is 5.68. The molecule has 0 rings (SSSR count). The molecule has 0 atom stereocenters. The van der Waals surface area contributed by atoms with Crippen molar-refractivity contribution >= 4 is 5.97 Å². The van der Waals surface area contributed by atoms with Gasteiger partial charge in [-0.25, -0.2) is 0 Å². The molecular weight excluding hydrogens is 212 g/mol. The summed E-state index contributed by atoms with van der Waals surface area (Å²) in [5, 5.41) is 0. The van der Waals surface area contributed by atoms with Crippen LogP contribution in [0.2, 0.25) is 0 Å². The molecule has 0 spiro atoms. The maximum Gasteiger partial charge on any atom is 0.305 e. The van der Waals surface area contributed by atoms with E-state index < -0.39 is 0 Å². The minimum Gasteiger partial charge on any atom is -0.469 e. The second kappa shape index (κ2) is 13.3. The molecule has 0 unspecified atom stereocenters. The van der Waals surface area contributed by atoms with Gasteiger partial charge < -0.3 is 4.74 Å². The lowest BCUT2D eigenvalue weighted by molar-refractivity contribution is -0.140. The average Bonchev–Trinajstić information content (AvgIpc) is 2.35. The van der Waals surface area contributed by atoms with Crippen molar-refractivity contribution in [3.63, 3.8) is 0 Å². The van der Waals surface area contributed by atoms with E-state index in [0.717, 1.165) is 12.8 Å². The number of hydrogen-bond donors (Lipinski definition) is 0. The van der Waals surface area contributed by atoms with Crippen LogP contribution in [0.15, 0.2) is 12.2 Å². The molecule has 0 fully saturated rings. The van der Waals surface area contributed by atoms with Gasteiger partial charge in [0.05, 0.1) is 7.11 Å². The standard InChI is InChI=1S/C15H28O2/c1-3-4-5-6-7-8-9-10-11-12-13-14-15(16)17-2/h6-7H,3-5,8-14H2,1-2H3/b7-6+. The van der Waals surface area contributed by atoms with E-state index in [1.807, 2.05) is 0 Å². The van der Waals surface area contributed by atoms with Crippen LogP contribution >= 0.6 is 0 Å².